The highest BCUT2D eigenvalue weighted by Crippen LogP contribution is 2.35. The van der Waals surface area contributed by atoms with Crippen LogP contribution in [-0.4, -0.2) is 35.5 Å². The molecule has 0 atom stereocenters. The van der Waals surface area contributed by atoms with Gasteiger partial charge in [0.2, 0.25) is 0 Å². The first kappa shape index (κ1) is 24.4. The highest BCUT2D eigenvalue weighted by atomic mass is 32.1. The van der Waals surface area contributed by atoms with Crippen LogP contribution < -0.4 is 14.8 Å². The SMILES string of the molecule is C=CCc1cc(/C=C2\C(=O)NC(=S)N(CC=C)C2=O)cc(OC)c1OCc1ccccc1C#N. The van der Waals surface area contributed by atoms with Crippen molar-refractivity contribution in [2.24, 2.45) is 0 Å². The number of hydrogen-bond acceptors (Lipinski definition) is 6. The third-order valence-electron chi connectivity index (χ3n) is 5.06. The minimum absolute atomic E-state index is 0.0402. The fourth-order valence-electron chi connectivity index (χ4n) is 3.45. The summed E-state index contributed by atoms with van der Waals surface area (Å²) >= 11 is 5.09. The lowest BCUT2D eigenvalue weighted by Crippen LogP contribution is -2.53. The predicted molar refractivity (Wildman–Crippen MR) is 133 cm³/mol. The summed E-state index contributed by atoms with van der Waals surface area (Å²) in [5, 5.41) is 11.9. The fraction of sp³-hybridized carbons (Fsp3) is 0.154. The molecule has 1 heterocycles. The maximum atomic E-state index is 12.9. The first-order valence-corrected chi connectivity index (χ1v) is 10.8. The molecule has 2 aromatic carbocycles. The molecule has 34 heavy (non-hydrogen) atoms. The first-order valence-electron chi connectivity index (χ1n) is 10.4. The van der Waals surface area contributed by atoms with Gasteiger partial charge in [0.25, 0.3) is 11.8 Å². The number of nitrogens with one attached hydrogen (secondary N) is 1. The molecule has 0 spiro atoms. The molecule has 2 amide bonds. The second-order valence-electron chi connectivity index (χ2n) is 7.28. The monoisotopic (exact) mass is 473 g/mol. The number of nitriles is 1. The van der Waals surface area contributed by atoms with Crippen LogP contribution in [0.5, 0.6) is 11.5 Å². The Morgan fingerprint density at radius 2 is 1.94 bits per heavy atom. The van der Waals surface area contributed by atoms with E-state index in [0.29, 0.717) is 29.0 Å². The molecular formula is C26H23N3O4S. The van der Waals surface area contributed by atoms with Gasteiger partial charge in [-0.15, -0.1) is 13.2 Å². The number of amides is 2. The highest BCUT2D eigenvalue weighted by molar-refractivity contribution is 7.80. The summed E-state index contributed by atoms with van der Waals surface area (Å²) in [6.07, 6.45) is 5.18. The number of allylic oxidation sites excluding steroid dienone is 1. The molecule has 172 valence electrons. The average molecular weight is 474 g/mol. The van der Waals surface area contributed by atoms with Crippen LogP contribution in [0.1, 0.15) is 22.3 Å². The van der Waals surface area contributed by atoms with Crippen LogP contribution in [0.25, 0.3) is 6.08 Å². The fourth-order valence-corrected chi connectivity index (χ4v) is 3.70. The third-order valence-corrected chi connectivity index (χ3v) is 5.38. The van der Waals surface area contributed by atoms with Gasteiger partial charge >= 0.3 is 0 Å². The van der Waals surface area contributed by atoms with Gasteiger partial charge in [0.05, 0.1) is 18.7 Å². The van der Waals surface area contributed by atoms with E-state index in [-0.39, 0.29) is 23.8 Å². The number of rotatable bonds is 9. The van der Waals surface area contributed by atoms with Crippen LogP contribution >= 0.6 is 12.2 Å². The van der Waals surface area contributed by atoms with Gasteiger partial charge in [0.1, 0.15) is 12.2 Å². The molecule has 0 aliphatic carbocycles. The maximum absolute atomic E-state index is 12.9. The Kier molecular flexibility index (Phi) is 7.96. The van der Waals surface area contributed by atoms with Gasteiger partial charge in [-0.05, 0) is 48.5 Å². The summed E-state index contributed by atoms with van der Waals surface area (Å²) in [6.45, 7) is 7.77. The van der Waals surface area contributed by atoms with Crippen molar-refractivity contribution in [1.29, 1.82) is 5.26 Å². The van der Waals surface area contributed by atoms with Crippen molar-refractivity contribution >= 4 is 35.2 Å². The summed E-state index contributed by atoms with van der Waals surface area (Å²) in [4.78, 5) is 26.6. The molecule has 1 aliphatic rings. The van der Waals surface area contributed by atoms with Crippen molar-refractivity contribution in [3.05, 3.63) is 89.5 Å². The molecule has 0 radical (unpaired) electrons. The topological polar surface area (TPSA) is 91.7 Å². The Balaban J connectivity index is 1.99. The van der Waals surface area contributed by atoms with Gasteiger partial charge in [-0.1, -0.05) is 30.4 Å². The van der Waals surface area contributed by atoms with Crippen molar-refractivity contribution in [2.45, 2.75) is 13.0 Å². The van der Waals surface area contributed by atoms with Crippen molar-refractivity contribution in [1.82, 2.24) is 10.2 Å². The molecule has 0 unspecified atom stereocenters. The third kappa shape index (κ3) is 5.22. The summed E-state index contributed by atoms with van der Waals surface area (Å²) in [5.74, 6) is -0.173. The lowest BCUT2D eigenvalue weighted by atomic mass is 10.0. The van der Waals surface area contributed by atoms with Crippen LogP contribution in [0.3, 0.4) is 0 Å². The number of ether oxygens (including phenoxy) is 2. The molecule has 1 N–H and O–H groups in total. The number of methoxy groups -OCH3 is 1. The van der Waals surface area contributed by atoms with E-state index < -0.39 is 11.8 Å². The van der Waals surface area contributed by atoms with E-state index in [9.17, 15) is 14.9 Å². The van der Waals surface area contributed by atoms with Crippen LogP contribution in [-0.2, 0) is 22.6 Å². The van der Waals surface area contributed by atoms with Crippen LogP contribution in [0.15, 0.2) is 67.3 Å². The predicted octanol–water partition coefficient (Wildman–Crippen LogP) is 3.69. The number of carbonyl (C=O) groups is 2. The quantitative estimate of drug-likeness (QED) is 0.259. The van der Waals surface area contributed by atoms with Crippen molar-refractivity contribution in [2.75, 3.05) is 13.7 Å². The zero-order valence-corrected chi connectivity index (χ0v) is 19.5. The standard InChI is InChI=1S/C26H23N3O4S/c1-4-8-18-12-17(13-21-24(30)28-26(34)29(11-5-2)25(21)31)14-22(32-3)23(18)33-16-20-10-7-6-9-19(20)15-27/h4-7,9-10,12-14H,1-2,8,11,16H2,3H3,(H,28,30,34)/b21-13+. The maximum Gasteiger partial charge on any atom is 0.265 e. The first-order chi connectivity index (χ1) is 16.4. The minimum Gasteiger partial charge on any atom is -0.493 e. The molecule has 0 aromatic heterocycles. The van der Waals surface area contributed by atoms with Crippen LogP contribution in [0, 0.1) is 11.3 Å². The molecule has 1 saturated heterocycles. The van der Waals surface area contributed by atoms with E-state index in [1.54, 1.807) is 30.3 Å². The van der Waals surface area contributed by atoms with E-state index in [4.69, 9.17) is 21.7 Å². The Morgan fingerprint density at radius 3 is 2.62 bits per heavy atom. The van der Waals surface area contributed by atoms with E-state index in [1.807, 2.05) is 12.1 Å². The molecule has 8 heteroatoms. The van der Waals surface area contributed by atoms with Crippen LogP contribution in [0.4, 0.5) is 0 Å². The number of carbonyl (C=O) groups excluding carboxylic acids is 2. The molecule has 0 bridgehead atoms. The summed E-state index contributed by atoms with van der Waals surface area (Å²) in [5.41, 5.74) is 2.53. The Hall–Kier alpha value is -4.22. The number of benzene rings is 2. The molecule has 3 rings (SSSR count). The number of thiocarbonyl (C=S) groups is 1. The molecule has 1 aliphatic heterocycles. The number of nitrogens with zero attached hydrogens (tertiary/aromatic N) is 2. The Bertz CT molecular complexity index is 1240. The molecule has 7 nitrogen and oxygen atoms in total. The lowest BCUT2D eigenvalue weighted by molar-refractivity contribution is -0.128. The zero-order valence-electron chi connectivity index (χ0n) is 18.7. The Morgan fingerprint density at radius 1 is 1.18 bits per heavy atom. The summed E-state index contributed by atoms with van der Waals surface area (Å²) in [6, 6.07) is 12.8. The van der Waals surface area contributed by atoms with E-state index in [0.717, 1.165) is 11.1 Å². The van der Waals surface area contributed by atoms with Gasteiger partial charge in [-0.2, -0.15) is 5.26 Å². The number of hydrogen-bond donors (Lipinski definition) is 1. The second kappa shape index (κ2) is 11.1. The Labute approximate surface area is 203 Å². The average Bonchev–Trinajstić information content (AvgIpc) is 2.83. The van der Waals surface area contributed by atoms with E-state index in [2.05, 4.69) is 24.5 Å². The van der Waals surface area contributed by atoms with Gasteiger partial charge in [0.15, 0.2) is 16.6 Å². The van der Waals surface area contributed by atoms with Crippen molar-refractivity contribution in [3.63, 3.8) is 0 Å². The van der Waals surface area contributed by atoms with E-state index >= 15 is 0 Å². The largest absolute Gasteiger partial charge is 0.493 e. The second-order valence-corrected chi connectivity index (χ2v) is 7.67. The van der Waals surface area contributed by atoms with E-state index in [1.165, 1.54) is 24.2 Å². The summed E-state index contributed by atoms with van der Waals surface area (Å²) < 4.78 is 11.6. The van der Waals surface area contributed by atoms with Gasteiger partial charge in [-0.25, -0.2) is 0 Å². The van der Waals surface area contributed by atoms with Crippen molar-refractivity contribution in [3.8, 4) is 17.6 Å². The molecule has 1 fully saturated rings. The summed E-state index contributed by atoms with van der Waals surface area (Å²) in [7, 11) is 1.50. The van der Waals surface area contributed by atoms with Crippen LogP contribution in [0.2, 0.25) is 0 Å². The molecule has 0 saturated carbocycles. The molecule has 2 aromatic rings. The van der Waals surface area contributed by atoms with Crippen molar-refractivity contribution < 1.29 is 19.1 Å². The normalized spacial score (nSPS) is 14.4. The van der Waals surface area contributed by atoms with Gasteiger partial charge in [0, 0.05) is 17.7 Å². The zero-order chi connectivity index (χ0) is 24.7. The smallest absolute Gasteiger partial charge is 0.265 e. The van der Waals surface area contributed by atoms with Gasteiger partial charge in [-0.3, -0.25) is 19.8 Å². The van der Waals surface area contributed by atoms with Gasteiger partial charge < -0.3 is 9.47 Å². The molecular weight excluding hydrogens is 450 g/mol. The minimum atomic E-state index is -0.576. The highest BCUT2D eigenvalue weighted by Gasteiger charge is 2.32. The lowest BCUT2D eigenvalue weighted by Gasteiger charge is -2.27.